The fraction of sp³-hybridized carbons (Fsp3) is 0.643. The smallest absolute Gasteiger partial charge is 0.244 e. The fourth-order valence-corrected chi connectivity index (χ4v) is 4.91. The van der Waals surface area contributed by atoms with Crippen LogP contribution >= 0.6 is 0 Å². The predicted octanol–water partition coefficient (Wildman–Crippen LogP) is 2.01. The van der Waals surface area contributed by atoms with E-state index in [0.29, 0.717) is 24.3 Å². The van der Waals surface area contributed by atoms with Crippen LogP contribution in [0.15, 0.2) is 23.2 Å². The Morgan fingerprint density at radius 2 is 1.75 bits per heavy atom. The van der Waals surface area contributed by atoms with Crippen molar-refractivity contribution in [3.8, 4) is 0 Å². The molecule has 0 radical (unpaired) electrons. The van der Waals surface area contributed by atoms with Crippen molar-refractivity contribution in [2.24, 2.45) is 5.41 Å². The molecule has 1 aliphatic heterocycles. The summed E-state index contributed by atoms with van der Waals surface area (Å²) in [6.45, 7) is 1.26. The van der Waals surface area contributed by atoms with Crippen LogP contribution in [0.2, 0.25) is 0 Å². The quantitative estimate of drug-likeness (QED) is 0.905. The maximum absolute atomic E-state index is 12.5. The Kier molecular flexibility index (Phi) is 3.46. The first-order chi connectivity index (χ1) is 9.52. The van der Waals surface area contributed by atoms with Crippen LogP contribution < -0.4 is 5.73 Å². The molecule has 0 atom stereocenters. The molecule has 0 unspecified atom stereocenters. The minimum atomic E-state index is -3.41. The molecule has 0 amide bonds. The average molecular weight is 295 g/mol. The number of sulfonamides is 1. The Bertz CT molecular complexity index is 567. The molecule has 1 saturated carbocycles. The molecule has 20 heavy (non-hydrogen) atoms. The zero-order valence-electron chi connectivity index (χ0n) is 11.6. The Labute approximate surface area is 120 Å². The number of nitrogens with two attached hydrogens (primary N) is 1. The maximum atomic E-state index is 12.5. The van der Waals surface area contributed by atoms with Crippen LogP contribution in [0.25, 0.3) is 0 Å². The Morgan fingerprint density at radius 1 is 1.10 bits per heavy atom. The van der Waals surface area contributed by atoms with Crippen molar-refractivity contribution in [2.75, 3.05) is 18.8 Å². The van der Waals surface area contributed by atoms with E-state index in [9.17, 15) is 8.42 Å². The van der Waals surface area contributed by atoms with Gasteiger partial charge in [-0.05, 0) is 43.2 Å². The van der Waals surface area contributed by atoms with Crippen molar-refractivity contribution >= 4 is 15.8 Å². The molecule has 6 heteroatoms. The molecule has 1 saturated heterocycles. The summed E-state index contributed by atoms with van der Waals surface area (Å²) in [6, 6.07) is 3.08. The van der Waals surface area contributed by atoms with E-state index in [1.807, 2.05) is 0 Å². The second-order valence-corrected chi connectivity index (χ2v) is 7.97. The molecular weight excluding hydrogens is 274 g/mol. The fourth-order valence-electron chi connectivity index (χ4n) is 3.52. The summed E-state index contributed by atoms with van der Waals surface area (Å²) >= 11 is 0. The molecule has 2 heterocycles. The highest BCUT2D eigenvalue weighted by Crippen LogP contribution is 2.46. The highest BCUT2D eigenvalue weighted by Gasteiger charge is 2.40. The molecule has 2 aliphatic rings. The lowest BCUT2D eigenvalue weighted by molar-refractivity contribution is 0.160. The van der Waals surface area contributed by atoms with Gasteiger partial charge in [-0.15, -0.1) is 0 Å². The lowest BCUT2D eigenvalue weighted by atomic mass is 9.78. The van der Waals surface area contributed by atoms with Crippen molar-refractivity contribution in [1.82, 2.24) is 9.29 Å². The van der Waals surface area contributed by atoms with E-state index >= 15 is 0 Å². The van der Waals surface area contributed by atoms with Gasteiger partial charge in [0.05, 0.1) is 0 Å². The van der Waals surface area contributed by atoms with Gasteiger partial charge in [0.2, 0.25) is 10.0 Å². The third-order valence-corrected chi connectivity index (χ3v) is 6.73. The van der Waals surface area contributed by atoms with Crippen LogP contribution in [0.4, 0.5) is 5.82 Å². The van der Waals surface area contributed by atoms with Gasteiger partial charge in [-0.1, -0.05) is 12.8 Å². The van der Waals surface area contributed by atoms with E-state index in [1.165, 1.54) is 44.0 Å². The zero-order valence-corrected chi connectivity index (χ0v) is 12.4. The van der Waals surface area contributed by atoms with Crippen LogP contribution in [0, 0.1) is 5.41 Å². The third-order valence-electron chi connectivity index (χ3n) is 4.84. The number of piperidine rings is 1. The normalized spacial score (nSPS) is 23.2. The van der Waals surface area contributed by atoms with Gasteiger partial charge in [-0.25, -0.2) is 13.4 Å². The van der Waals surface area contributed by atoms with E-state index in [1.54, 1.807) is 4.31 Å². The van der Waals surface area contributed by atoms with Crippen LogP contribution in [-0.2, 0) is 10.0 Å². The summed E-state index contributed by atoms with van der Waals surface area (Å²) < 4.78 is 26.7. The van der Waals surface area contributed by atoms with E-state index in [4.69, 9.17) is 5.73 Å². The van der Waals surface area contributed by atoms with E-state index in [-0.39, 0.29) is 4.90 Å². The van der Waals surface area contributed by atoms with Gasteiger partial charge >= 0.3 is 0 Å². The number of nitrogens with zero attached hydrogens (tertiary/aromatic N) is 2. The molecule has 2 fully saturated rings. The summed E-state index contributed by atoms with van der Waals surface area (Å²) in [7, 11) is -3.41. The maximum Gasteiger partial charge on any atom is 0.244 e. The topological polar surface area (TPSA) is 76.3 Å². The standard InChI is InChI=1S/C14H21N3O2S/c15-13-4-3-12(11-16-13)20(18,19)17-9-7-14(8-10-17)5-1-2-6-14/h3-4,11H,1-2,5-10H2,(H2,15,16). The summed E-state index contributed by atoms with van der Waals surface area (Å²) in [5.41, 5.74) is 5.93. The van der Waals surface area contributed by atoms with Gasteiger partial charge in [-0.3, -0.25) is 0 Å². The van der Waals surface area contributed by atoms with Gasteiger partial charge in [0.15, 0.2) is 0 Å². The first-order valence-corrected chi connectivity index (χ1v) is 8.68. The molecule has 2 N–H and O–H groups in total. The highest BCUT2D eigenvalue weighted by molar-refractivity contribution is 7.89. The lowest BCUT2D eigenvalue weighted by Gasteiger charge is -2.38. The number of pyridine rings is 1. The number of nitrogen functional groups attached to an aromatic ring is 1. The zero-order chi connectivity index (χ0) is 14.2. The monoisotopic (exact) mass is 295 g/mol. The molecule has 5 nitrogen and oxygen atoms in total. The SMILES string of the molecule is Nc1ccc(S(=O)(=O)N2CCC3(CCCC3)CC2)cn1. The second-order valence-electron chi connectivity index (χ2n) is 6.03. The molecule has 0 aromatic carbocycles. The van der Waals surface area contributed by atoms with Crippen molar-refractivity contribution in [1.29, 1.82) is 0 Å². The van der Waals surface area contributed by atoms with Crippen molar-refractivity contribution in [3.63, 3.8) is 0 Å². The highest BCUT2D eigenvalue weighted by atomic mass is 32.2. The number of hydrogen-bond donors (Lipinski definition) is 1. The summed E-state index contributed by atoms with van der Waals surface area (Å²) in [6.07, 6.45) is 8.48. The molecule has 0 bridgehead atoms. The lowest BCUT2D eigenvalue weighted by Crippen LogP contribution is -2.42. The number of anilines is 1. The van der Waals surface area contributed by atoms with Gasteiger partial charge in [0, 0.05) is 19.3 Å². The van der Waals surface area contributed by atoms with Crippen molar-refractivity contribution in [3.05, 3.63) is 18.3 Å². The van der Waals surface area contributed by atoms with Gasteiger partial charge < -0.3 is 5.73 Å². The number of hydrogen-bond acceptors (Lipinski definition) is 4. The van der Waals surface area contributed by atoms with E-state index in [2.05, 4.69) is 4.98 Å². The molecular formula is C14H21N3O2S. The molecule has 1 aromatic rings. The molecule has 1 aliphatic carbocycles. The summed E-state index contributed by atoms with van der Waals surface area (Å²) in [4.78, 5) is 4.13. The van der Waals surface area contributed by atoms with Gasteiger partial charge in [0.25, 0.3) is 0 Å². The average Bonchev–Trinajstić information content (AvgIpc) is 2.88. The Morgan fingerprint density at radius 3 is 2.30 bits per heavy atom. The summed E-state index contributed by atoms with van der Waals surface area (Å²) in [5.74, 6) is 0.340. The molecule has 3 rings (SSSR count). The Balaban J connectivity index is 1.75. The third kappa shape index (κ3) is 2.42. The van der Waals surface area contributed by atoms with Crippen molar-refractivity contribution < 1.29 is 8.42 Å². The van der Waals surface area contributed by atoms with Crippen LogP contribution in [-0.4, -0.2) is 30.8 Å². The van der Waals surface area contributed by atoms with Crippen LogP contribution in [0.3, 0.4) is 0 Å². The summed E-state index contributed by atoms with van der Waals surface area (Å²) in [5, 5.41) is 0. The number of aromatic nitrogens is 1. The molecule has 1 aromatic heterocycles. The largest absolute Gasteiger partial charge is 0.384 e. The second kappa shape index (κ2) is 5.00. The first kappa shape index (κ1) is 13.8. The molecule has 110 valence electrons. The minimum Gasteiger partial charge on any atom is -0.384 e. The first-order valence-electron chi connectivity index (χ1n) is 7.24. The predicted molar refractivity (Wildman–Crippen MR) is 77.5 cm³/mol. The molecule has 1 spiro atoms. The van der Waals surface area contributed by atoms with Crippen molar-refractivity contribution in [2.45, 2.75) is 43.4 Å². The van der Waals surface area contributed by atoms with E-state index < -0.39 is 10.0 Å². The number of rotatable bonds is 2. The minimum absolute atomic E-state index is 0.245. The van der Waals surface area contributed by atoms with Gasteiger partial charge in [0.1, 0.15) is 10.7 Å². The van der Waals surface area contributed by atoms with Crippen LogP contribution in [0.1, 0.15) is 38.5 Å². The Hall–Kier alpha value is -1.14. The van der Waals surface area contributed by atoms with E-state index in [0.717, 1.165) is 12.8 Å². The van der Waals surface area contributed by atoms with Gasteiger partial charge in [-0.2, -0.15) is 4.31 Å². The van der Waals surface area contributed by atoms with Crippen LogP contribution in [0.5, 0.6) is 0 Å².